The van der Waals surface area contributed by atoms with Gasteiger partial charge in [0, 0.05) is 11.0 Å². The van der Waals surface area contributed by atoms with Crippen LogP contribution in [0.2, 0.25) is 0 Å². The smallest absolute Gasteiger partial charge is 0.336 e. The van der Waals surface area contributed by atoms with E-state index in [1.165, 1.54) is 17.1 Å². The first-order valence-electron chi connectivity index (χ1n) is 6.08. The molecule has 0 radical (unpaired) electrons. The first-order valence-corrected chi connectivity index (χ1v) is 6.96. The minimum atomic E-state index is -0.418. The second-order valence-electron chi connectivity index (χ2n) is 4.02. The van der Waals surface area contributed by atoms with Gasteiger partial charge < -0.3 is 4.74 Å². The summed E-state index contributed by atoms with van der Waals surface area (Å²) in [7, 11) is 0. The van der Waals surface area contributed by atoms with E-state index in [2.05, 4.69) is 15.5 Å². The van der Waals surface area contributed by atoms with E-state index in [1.807, 2.05) is 17.5 Å². The molecule has 0 saturated carbocycles. The van der Waals surface area contributed by atoms with Crippen LogP contribution in [0.5, 0.6) is 5.75 Å². The molecule has 6 nitrogen and oxygen atoms in total. The van der Waals surface area contributed by atoms with Gasteiger partial charge in [0.15, 0.2) is 0 Å². The Labute approximate surface area is 124 Å². The van der Waals surface area contributed by atoms with Crippen LogP contribution in [-0.2, 0) is 4.79 Å². The Morgan fingerprint density at radius 3 is 2.76 bits per heavy atom. The summed E-state index contributed by atoms with van der Waals surface area (Å²) in [6.45, 7) is 0. The maximum atomic E-state index is 11.7. The summed E-state index contributed by atoms with van der Waals surface area (Å²) in [4.78, 5) is 12.7. The molecule has 0 atom stereocenters. The number of benzene rings is 1. The van der Waals surface area contributed by atoms with Crippen molar-refractivity contribution in [2.45, 2.75) is 0 Å². The number of rotatable bonds is 4. The van der Waals surface area contributed by atoms with Gasteiger partial charge in [0.05, 0.1) is 5.69 Å². The minimum absolute atomic E-state index is 0.418. The van der Waals surface area contributed by atoms with Gasteiger partial charge in [0.1, 0.15) is 12.1 Å². The zero-order chi connectivity index (χ0) is 14.5. The summed E-state index contributed by atoms with van der Waals surface area (Å²) in [5.41, 5.74) is 0.786. The van der Waals surface area contributed by atoms with Crippen LogP contribution in [0, 0.1) is 0 Å². The number of esters is 1. The zero-order valence-electron chi connectivity index (χ0n) is 10.8. The Balaban J connectivity index is 1.64. The molecule has 3 aromatic rings. The van der Waals surface area contributed by atoms with Gasteiger partial charge in [0.25, 0.3) is 0 Å². The molecule has 104 valence electrons. The van der Waals surface area contributed by atoms with Gasteiger partial charge >= 0.3 is 5.97 Å². The van der Waals surface area contributed by atoms with Crippen molar-refractivity contribution in [3.8, 4) is 11.4 Å². The van der Waals surface area contributed by atoms with Crippen molar-refractivity contribution in [1.82, 2.24) is 20.2 Å². The Morgan fingerprint density at radius 2 is 2.10 bits per heavy atom. The maximum absolute atomic E-state index is 11.7. The van der Waals surface area contributed by atoms with Crippen LogP contribution in [-0.4, -0.2) is 26.2 Å². The van der Waals surface area contributed by atoms with Crippen molar-refractivity contribution in [2.75, 3.05) is 0 Å². The van der Waals surface area contributed by atoms with E-state index in [0.717, 1.165) is 10.6 Å². The minimum Gasteiger partial charge on any atom is -0.423 e. The fourth-order valence-electron chi connectivity index (χ4n) is 1.63. The van der Waals surface area contributed by atoms with E-state index in [0.29, 0.717) is 5.75 Å². The Bertz CT molecular complexity index is 734. The predicted octanol–water partition coefficient (Wildman–Crippen LogP) is 2.34. The van der Waals surface area contributed by atoms with Gasteiger partial charge in [-0.25, -0.2) is 9.48 Å². The number of thiophene rings is 1. The van der Waals surface area contributed by atoms with E-state index in [9.17, 15) is 4.79 Å². The highest BCUT2D eigenvalue weighted by Crippen LogP contribution is 2.15. The predicted molar refractivity (Wildman–Crippen MR) is 78.1 cm³/mol. The highest BCUT2D eigenvalue weighted by Gasteiger charge is 2.02. The average molecular weight is 298 g/mol. The molecule has 2 aromatic heterocycles. The van der Waals surface area contributed by atoms with Crippen LogP contribution < -0.4 is 4.74 Å². The SMILES string of the molecule is O=C(C=Cc1cccs1)Oc1ccc(-n2cnnn2)cc1. The molecule has 0 aliphatic carbocycles. The van der Waals surface area contributed by atoms with E-state index < -0.39 is 5.97 Å². The van der Waals surface area contributed by atoms with Gasteiger partial charge in [-0.05, 0) is 52.2 Å². The number of tetrazole rings is 1. The lowest BCUT2D eigenvalue weighted by Gasteiger charge is -2.03. The van der Waals surface area contributed by atoms with Crippen LogP contribution in [0.3, 0.4) is 0 Å². The number of carbonyl (C=O) groups is 1. The molecule has 3 rings (SSSR count). The molecule has 0 saturated heterocycles. The number of hydrogen-bond donors (Lipinski definition) is 0. The molecule has 0 bridgehead atoms. The number of hydrogen-bond acceptors (Lipinski definition) is 6. The van der Waals surface area contributed by atoms with Crippen molar-refractivity contribution in [2.24, 2.45) is 0 Å². The highest BCUT2D eigenvalue weighted by molar-refractivity contribution is 7.10. The third kappa shape index (κ3) is 3.40. The summed E-state index contributed by atoms with van der Waals surface area (Å²) < 4.78 is 6.72. The van der Waals surface area contributed by atoms with Crippen LogP contribution >= 0.6 is 11.3 Å². The fourth-order valence-corrected chi connectivity index (χ4v) is 2.25. The summed E-state index contributed by atoms with van der Waals surface area (Å²) in [6, 6.07) is 10.8. The van der Waals surface area contributed by atoms with Crippen molar-refractivity contribution >= 4 is 23.4 Å². The monoisotopic (exact) mass is 298 g/mol. The number of aromatic nitrogens is 4. The molecule has 0 unspecified atom stereocenters. The third-order valence-electron chi connectivity index (χ3n) is 2.60. The molecule has 0 N–H and O–H groups in total. The van der Waals surface area contributed by atoms with Crippen molar-refractivity contribution in [1.29, 1.82) is 0 Å². The quantitative estimate of drug-likeness (QED) is 0.420. The molecule has 21 heavy (non-hydrogen) atoms. The maximum Gasteiger partial charge on any atom is 0.336 e. The van der Waals surface area contributed by atoms with Crippen molar-refractivity contribution < 1.29 is 9.53 Å². The van der Waals surface area contributed by atoms with Crippen LogP contribution in [0.4, 0.5) is 0 Å². The lowest BCUT2D eigenvalue weighted by Crippen LogP contribution is -2.03. The molecule has 0 aliphatic rings. The molecular formula is C14H10N4O2S. The highest BCUT2D eigenvalue weighted by atomic mass is 32.1. The summed E-state index contributed by atoms with van der Waals surface area (Å²) >= 11 is 1.56. The summed E-state index contributed by atoms with van der Waals surface area (Å²) in [5, 5.41) is 12.8. The van der Waals surface area contributed by atoms with Gasteiger partial charge in [-0.1, -0.05) is 6.07 Å². The zero-order valence-corrected chi connectivity index (χ0v) is 11.6. The Kier molecular flexibility index (Phi) is 3.83. The lowest BCUT2D eigenvalue weighted by atomic mass is 10.3. The van der Waals surface area contributed by atoms with Gasteiger partial charge in [-0.3, -0.25) is 0 Å². The molecule has 0 fully saturated rings. The largest absolute Gasteiger partial charge is 0.423 e. The fraction of sp³-hybridized carbons (Fsp3) is 0. The number of ether oxygens (including phenoxy) is 1. The van der Waals surface area contributed by atoms with Gasteiger partial charge in [0.2, 0.25) is 0 Å². The van der Waals surface area contributed by atoms with Crippen LogP contribution in [0.1, 0.15) is 4.88 Å². The normalized spacial score (nSPS) is 10.9. The molecule has 2 heterocycles. The molecule has 0 spiro atoms. The van der Waals surface area contributed by atoms with Crippen LogP contribution in [0.15, 0.2) is 54.2 Å². The first kappa shape index (κ1) is 13.2. The molecule has 1 aromatic carbocycles. The van der Waals surface area contributed by atoms with E-state index >= 15 is 0 Å². The van der Waals surface area contributed by atoms with Crippen LogP contribution in [0.25, 0.3) is 11.8 Å². The molecule has 0 amide bonds. The van der Waals surface area contributed by atoms with E-state index in [4.69, 9.17) is 4.74 Å². The van der Waals surface area contributed by atoms with E-state index in [-0.39, 0.29) is 0 Å². The summed E-state index contributed by atoms with van der Waals surface area (Å²) in [6.07, 6.45) is 4.62. The van der Waals surface area contributed by atoms with Crippen molar-refractivity contribution in [3.63, 3.8) is 0 Å². The van der Waals surface area contributed by atoms with E-state index in [1.54, 1.807) is 41.7 Å². The van der Waals surface area contributed by atoms with Gasteiger partial charge in [-0.2, -0.15) is 0 Å². The number of nitrogens with zero attached hydrogens (tertiary/aromatic N) is 4. The molecule has 0 aliphatic heterocycles. The second-order valence-corrected chi connectivity index (χ2v) is 5.00. The van der Waals surface area contributed by atoms with Crippen molar-refractivity contribution in [3.05, 3.63) is 59.1 Å². The lowest BCUT2D eigenvalue weighted by molar-refractivity contribution is -0.128. The number of carbonyl (C=O) groups excluding carboxylic acids is 1. The third-order valence-corrected chi connectivity index (χ3v) is 3.43. The topological polar surface area (TPSA) is 69.9 Å². The standard InChI is InChI=1S/C14H10N4O2S/c19-14(8-7-13-2-1-9-21-13)20-12-5-3-11(4-6-12)18-10-15-16-17-18/h1-10H. The molecular weight excluding hydrogens is 288 g/mol. The Morgan fingerprint density at radius 1 is 1.24 bits per heavy atom. The average Bonchev–Trinajstić information content (AvgIpc) is 3.19. The molecule has 7 heteroatoms. The van der Waals surface area contributed by atoms with Gasteiger partial charge in [-0.15, -0.1) is 16.4 Å². The first-order chi connectivity index (χ1) is 10.3. The Hall–Kier alpha value is -2.80. The second kappa shape index (κ2) is 6.10. The summed E-state index contributed by atoms with van der Waals surface area (Å²) in [5.74, 6) is 0.0474.